The van der Waals surface area contributed by atoms with Gasteiger partial charge in [-0.15, -0.1) is 11.3 Å². The van der Waals surface area contributed by atoms with Crippen LogP contribution >= 0.6 is 27.3 Å². The molecule has 1 aromatic heterocycles. The molecule has 0 amide bonds. The Morgan fingerprint density at radius 2 is 1.94 bits per heavy atom. The molecule has 1 heterocycles. The van der Waals surface area contributed by atoms with Gasteiger partial charge in [0.2, 0.25) is 0 Å². The molecule has 0 spiro atoms. The van der Waals surface area contributed by atoms with Gasteiger partial charge in [0, 0.05) is 5.54 Å². The van der Waals surface area contributed by atoms with Gasteiger partial charge in [0.25, 0.3) is 6.47 Å². The van der Waals surface area contributed by atoms with Gasteiger partial charge in [-0.3, -0.25) is 4.79 Å². The number of halogens is 1. The van der Waals surface area contributed by atoms with E-state index in [4.69, 9.17) is 15.6 Å². The Morgan fingerprint density at radius 1 is 1.53 bits per heavy atom. The molecule has 1 aliphatic carbocycles. The first kappa shape index (κ1) is 16.6. The highest BCUT2D eigenvalue weighted by Crippen LogP contribution is 2.42. The summed E-state index contributed by atoms with van der Waals surface area (Å²) in [7, 11) is 0. The molecule has 5 heteroatoms. The van der Waals surface area contributed by atoms with Crippen LogP contribution in [0.15, 0.2) is 15.2 Å². The highest BCUT2D eigenvalue weighted by molar-refractivity contribution is 9.11. The Labute approximate surface area is 115 Å². The zero-order chi connectivity index (χ0) is 13.5. The Bertz CT molecular complexity index is 323. The fourth-order valence-corrected chi connectivity index (χ4v) is 2.21. The summed E-state index contributed by atoms with van der Waals surface area (Å²) in [6.07, 6.45) is 2.81. The van der Waals surface area contributed by atoms with E-state index in [-0.39, 0.29) is 12.0 Å². The van der Waals surface area contributed by atoms with Crippen molar-refractivity contribution >= 4 is 33.7 Å². The zero-order valence-electron chi connectivity index (χ0n) is 10.4. The molecule has 1 aromatic rings. The van der Waals surface area contributed by atoms with E-state index < -0.39 is 0 Å². The normalized spacial score (nSPS) is 13.9. The Hall–Kier alpha value is -0.390. The van der Waals surface area contributed by atoms with Crippen molar-refractivity contribution in [3.05, 3.63) is 20.8 Å². The van der Waals surface area contributed by atoms with Crippen LogP contribution in [0.4, 0.5) is 0 Å². The van der Waals surface area contributed by atoms with Crippen LogP contribution in [0.5, 0.6) is 0 Å². The van der Waals surface area contributed by atoms with Gasteiger partial charge < -0.3 is 10.8 Å². The van der Waals surface area contributed by atoms with E-state index in [2.05, 4.69) is 27.4 Å². The molecule has 3 nitrogen and oxygen atoms in total. The maximum atomic E-state index is 8.36. The second-order valence-corrected chi connectivity index (χ2v) is 7.22. The van der Waals surface area contributed by atoms with Crippen molar-refractivity contribution in [3.63, 3.8) is 0 Å². The van der Waals surface area contributed by atoms with E-state index in [0.29, 0.717) is 0 Å². The van der Waals surface area contributed by atoms with Crippen LogP contribution in [-0.2, 0) is 4.79 Å². The van der Waals surface area contributed by atoms with Crippen LogP contribution in [0.1, 0.15) is 45.1 Å². The molecule has 0 bridgehead atoms. The molecule has 1 aliphatic rings. The summed E-state index contributed by atoms with van der Waals surface area (Å²) in [5.74, 6) is 0.910. The van der Waals surface area contributed by atoms with E-state index in [9.17, 15) is 0 Å². The largest absolute Gasteiger partial charge is 0.483 e. The Balaban J connectivity index is 0.000000276. The summed E-state index contributed by atoms with van der Waals surface area (Å²) in [6, 6.07) is 2.24. The molecular formula is C12H20BrNO2S. The fourth-order valence-electron chi connectivity index (χ4n) is 0.954. The SMILES string of the molecule is Brc1cc(C2CC2)cs1.CC(C)(C)N.O=CO. The zero-order valence-corrected chi connectivity index (χ0v) is 12.8. The summed E-state index contributed by atoms with van der Waals surface area (Å²) in [6.45, 7) is 5.65. The molecule has 0 aliphatic heterocycles. The van der Waals surface area contributed by atoms with Gasteiger partial charge in [-0.25, -0.2) is 0 Å². The summed E-state index contributed by atoms with van der Waals surface area (Å²) < 4.78 is 1.27. The predicted octanol–water partition coefficient (Wildman–Crippen LogP) is 3.83. The van der Waals surface area contributed by atoms with Crippen LogP contribution in [0.25, 0.3) is 0 Å². The molecule has 1 saturated carbocycles. The molecule has 2 rings (SSSR count). The topological polar surface area (TPSA) is 63.3 Å². The second-order valence-electron chi connectivity index (χ2n) is 4.93. The Morgan fingerprint density at radius 3 is 2.18 bits per heavy atom. The smallest absolute Gasteiger partial charge is 0.290 e. The van der Waals surface area contributed by atoms with Gasteiger partial charge >= 0.3 is 0 Å². The summed E-state index contributed by atoms with van der Waals surface area (Å²) >= 11 is 5.24. The molecule has 0 unspecified atom stereocenters. The van der Waals surface area contributed by atoms with Crippen molar-refractivity contribution < 1.29 is 9.90 Å². The lowest BCUT2D eigenvalue weighted by Crippen LogP contribution is -2.26. The van der Waals surface area contributed by atoms with Crippen molar-refractivity contribution in [2.45, 2.75) is 45.1 Å². The third-order valence-electron chi connectivity index (χ3n) is 1.64. The van der Waals surface area contributed by atoms with Crippen LogP contribution in [-0.4, -0.2) is 17.1 Å². The molecule has 98 valence electrons. The van der Waals surface area contributed by atoms with E-state index in [1.54, 1.807) is 11.3 Å². The minimum Gasteiger partial charge on any atom is -0.483 e. The van der Waals surface area contributed by atoms with Crippen LogP contribution in [0.2, 0.25) is 0 Å². The van der Waals surface area contributed by atoms with Gasteiger partial charge in [0.05, 0.1) is 3.79 Å². The van der Waals surface area contributed by atoms with Crippen LogP contribution < -0.4 is 5.73 Å². The highest BCUT2D eigenvalue weighted by atomic mass is 79.9. The first-order chi connectivity index (χ1) is 7.77. The monoisotopic (exact) mass is 321 g/mol. The summed E-state index contributed by atoms with van der Waals surface area (Å²) in [5, 5.41) is 9.14. The third-order valence-corrected chi connectivity index (χ3v) is 3.16. The van der Waals surface area contributed by atoms with Gasteiger partial charge in [-0.1, -0.05) is 0 Å². The maximum absolute atomic E-state index is 8.36. The first-order valence-corrected chi connectivity index (χ1v) is 7.06. The van der Waals surface area contributed by atoms with Gasteiger partial charge in [-0.05, 0) is 72.5 Å². The maximum Gasteiger partial charge on any atom is 0.290 e. The van der Waals surface area contributed by atoms with Crippen LogP contribution in [0.3, 0.4) is 0 Å². The Kier molecular flexibility index (Phi) is 7.66. The molecule has 0 saturated heterocycles. The predicted molar refractivity (Wildman–Crippen MR) is 76.6 cm³/mol. The average Bonchev–Trinajstić information content (AvgIpc) is 2.89. The number of hydrogen-bond donors (Lipinski definition) is 2. The fraction of sp³-hybridized carbons (Fsp3) is 0.583. The van der Waals surface area contributed by atoms with Crippen molar-refractivity contribution in [2.24, 2.45) is 5.73 Å². The van der Waals surface area contributed by atoms with E-state index in [0.717, 1.165) is 5.92 Å². The molecule has 0 radical (unpaired) electrons. The van der Waals surface area contributed by atoms with Gasteiger partial charge in [-0.2, -0.15) is 0 Å². The molecular weight excluding hydrogens is 302 g/mol. The lowest BCUT2D eigenvalue weighted by atomic mass is 10.1. The van der Waals surface area contributed by atoms with Crippen LogP contribution in [0, 0.1) is 0 Å². The quantitative estimate of drug-likeness (QED) is 0.772. The molecule has 1 fully saturated rings. The molecule has 0 atom stereocenters. The molecule has 17 heavy (non-hydrogen) atoms. The number of carboxylic acid groups (broad SMARTS) is 1. The standard InChI is InChI=1S/C7H7BrS.C4H11N.CH2O2/c8-7-3-6(4-9-7)5-1-2-5;1-4(2,3)5;2-1-3/h3-5H,1-2H2;5H2,1-3H3;1H,(H,2,3). The van der Waals surface area contributed by atoms with E-state index in [1.807, 2.05) is 20.8 Å². The lowest BCUT2D eigenvalue weighted by molar-refractivity contribution is -0.122. The van der Waals surface area contributed by atoms with E-state index in [1.165, 1.54) is 22.2 Å². The summed E-state index contributed by atoms with van der Waals surface area (Å²) in [5.41, 5.74) is 6.89. The number of thiophene rings is 1. The number of hydrogen-bond acceptors (Lipinski definition) is 3. The third kappa shape index (κ3) is 11.9. The molecule has 0 aromatic carbocycles. The van der Waals surface area contributed by atoms with E-state index >= 15 is 0 Å². The number of nitrogens with two attached hydrogens (primary N) is 1. The van der Waals surface area contributed by atoms with Gasteiger partial charge in [0.1, 0.15) is 0 Å². The highest BCUT2D eigenvalue weighted by Gasteiger charge is 2.23. The minimum absolute atomic E-state index is 0. The van der Waals surface area contributed by atoms with Crippen molar-refractivity contribution in [3.8, 4) is 0 Å². The van der Waals surface area contributed by atoms with Crippen molar-refractivity contribution in [2.75, 3.05) is 0 Å². The number of rotatable bonds is 1. The lowest BCUT2D eigenvalue weighted by Gasteiger charge is -2.06. The number of carbonyl (C=O) groups is 1. The minimum atomic E-state index is -0.250. The van der Waals surface area contributed by atoms with Gasteiger partial charge in [0.15, 0.2) is 0 Å². The second kappa shape index (κ2) is 7.84. The average molecular weight is 322 g/mol. The van der Waals surface area contributed by atoms with Crippen molar-refractivity contribution in [1.82, 2.24) is 0 Å². The first-order valence-electron chi connectivity index (χ1n) is 5.38. The van der Waals surface area contributed by atoms with Crippen molar-refractivity contribution in [1.29, 1.82) is 0 Å². The molecule has 3 N–H and O–H groups in total. The summed E-state index contributed by atoms with van der Waals surface area (Å²) in [4.78, 5) is 8.36.